The Kier molecular flexibility index (Phi) is 2.71. The molecule has 0 aliphatic carbocycles. The normalized spacial score (nSPS) is 10.9. The molecule has 20 heavy (non-hydrogen) atoms. The van der Waals surface area contributed by atoms with Gasteiger partial charge < -0.3 is 4.57 Å². The maximum Gasteiger partial charge on any atom is 0.277 e. The Morgan fingerprint density at radius 3 is 2.80 bits per heavy atom. The lowest BCUT2D eigenvalue weighted by molar-refractivity contribution is 0.112. The number of aryl methyl sites for hydroxylation is 1. The highest BCUT2D eigenvalue weighted by Gasteiger charge is 2.17. The van der Waals surface area contributed by atoms with E-state index in [2.05, 4.69) is 5.10 Å². The molecular weight excluding hydrogens is 261 g/mol. The van der Waals surface area contributed by atoms with Gasteiger partial charge >= 0.3 is 0 Å². The zero-order valence-corrected chi connectivity index (χ0v) is 10.6. The van der Waals surface area contributed by atoms with Crippen molar-refractivity contribution in [2.45, 2.75) is 0 Å². The van der Waals surface area contributed by atoms with Gasteiger partial charge in [-0.15, -0.1) is 0 Å². The minimum Gasteiger partial charge on any atom is -0.315 e. The summed E-state index contributed by atoms with van der Waals surface area (Å²) in [5.74, 6) is -0.427. The van der Waals surface area contributed by atoms with E-state index < -0.39 is 5.82 Å². The van der Waals surface area contributed by atoms with Crippen LogP contribution in [0.2, 0.25) is 0 Å². The monoisotopic (exact) mass is 271 g/mol. The fraction of sp³-hybridized carbons (Fsp3) is 0.0714. The predicted molar refractivity (Wildman–Crippen MR) is 71.2 cm³/mol. The number of hydrogen-bond acceptors (Lipinski definition) is 3. The number of carbonyl (C=O) groups excluding carboxylic acids is 1. The van der Waals surface area contributed by atoms with Crippen molar-refractivity contribution in [2.75, 3.05) is 0 Å². The maximum atomic E-state index is 13.3. The largest absolute Gasteiger partial charge is 0.315 e. The van der Waals surface area contributed by atoms with E-state index in [1.54, 1.807) is 25.5 Å². The van der Waals surface area contributed by atoms with Crippen LogP contribution in [-0.4, -0.2) is 20.5 Å². The molecule has 0 aliphatic heterocycles. The van der Waals surface area contributed by atoms with Gasteiger partial charge in [-0.2, -0.15) is 5.10 Å². The number of carbonyl (C=O) groups is 1. The summed E-state index contributed by atoms with van der Waals surface area (Å²) in [5.41, 5.74) is 0.770. The van der Waals surface area contributed by atoms with Crippen molar-refractivity contribution in [3.05, 3.63) is 58.4 Å². The van der Waals surface area contributed by atoms with E-state index in [4.69, 9.17) is 0 Å². The van der Waals surface area contributed by atoms with Crippen LogP contribution in [0.4, 0.5) is 4.39 Å². The number of fused-ring (bicyclic) bond motifs is 1. The molecule has 0 atom stereocenters. The fourth-order valence-corrected chi connectivity index (χ4v) is 2.13. The van der Waals surface area contributed by atoms with Gasteiger partial charge in [0.1, 0.15) is 17.0 Å². The first-order chi connectivity index (χ1) is 9.61. The van der Waals surface area contributed by atoms with Crippen LogP contribution in [0.3, 0.4) is 0 Å². The highest BCUT2D eigenvalue weighted by molar-refractivity contribution is 5.94. The van der Waals surface area contributed by atoms with Gasteiger partial charge in [-0.1, -0.05) is 12.1 Å². The summed E-state index contributed by atoms with van der Waals surface area (Å²) in [5, 5.41) is 4.20. The van der Waals surface area contributed by atoms with Crippen LogP contribution < -0.4 is 5.56 Å². The van der Waals surface area contributed by atoms with Crippen LogP contribution in [0, 0.1) is 5.82 Å². The molecule has 0 amide bonds. The average Bonchev–Trinajstić information content (AvgIpc) is 2.82. The summed E-state index contributed by atoms with van der Waals surface area (Å²) >= 11 is 0. The third-order valence-corrected chi connectivity index (χ3v) is 3.12. The van der Waals surface area contributed by atoms with E-state index in [0.717, 1.165) is 0 Å². The van der Waals surface area contributed by atoms with Gasteiger partial charge in [-0.3, -0.25) is 9.59 Å². The molecule has 0 saturated carbocycles. The van der Waals surface area contributed by atoms with E-state index in [0.29, 0.717) is 17.5 Å². The molecule has 0 unspecified atom stereocenters. The van der Waals surface area contributed by atoms with Crippen molar-refractivity contribution in [3.63, 3.8) is 0 Å². The molecule has 0 bridgehead atoms. The van der Waals surface area contributed by atoms with Crippen molar-refractivity contribution in [1.82, 2.24) is 14.2 Å². The molecule has 2 aromatic heterocycles. The highest BCUT2D eigenvalue weighted by Crippen LogP contribution is 2.23. The van der Waals surface area contributed by atoms with Crippen LogP contribution in [-0.2, 0) is 7.05 Å². The first-order valence-corrected chi connectivity index (χ1v) is 5.91. The lowest BCUT2D eigenvalue weighted by atomic mass is 10.1. The molecule has 0 saturated heterocycles. The summed E-state index contributed by atoms with van der Waals surface area (Å²) in [7, 11) is 1.59. The molecule has 0 aliphatic rings. The molecule has 5 nitrogen and oxygen atoms in total. The SMILES string of the molecule is Cn1ccn2nc(-c3cccc(F)c3)c(C=O)c2c1=O. The number of hydrogen-bond donors (Lipinski definition) is 0. The van der Waals surface area contributed by atoms with Crippen LogP contribution >= 0.6 is 0 Å². The topological polar surface area (TPSA) is 56.4 Å². The molecule has 0 N–H and O–H groups in total. The molecule has 3 rings (SSSR count). The van der Waals surface area contributed by atoms with Crippen molar-refractivity contribution in [2.24, 2.45) is 7.05 Å². The quantitative estimate of drug-likeness (QED) is 0.666. The average molecular weight is 271 g/mol. The minimum absolute atomic E-state index is 0.164. The Balaban J connectivity index is 2.41. The van der Waals surface area contributed by atoms with Crippen LogP contribution in [0.1, 0.15) is 10.4 Å². The highest BCUT2D eigenvalue weighted by atomic mass is 19.1. The molecule has 100 valence electrons. The molecular formula is C14H10FN3O2. The zero-order valence-electron chi connectivity index (χ0n) is 10.6. The van der Waals surface area contributed by atoms with Gasteiger partial charge in [0.15, 0.2) is 6.29 Å². The van der Waals surface area contributed by atoms with Crippen molar-refractivity contribution >= 4 is 11.8 Å². The lowest BCUT2D eigenvalue weighted by Gasteiger charge is -1.97. The molecule has 3 aromatic rings. The fourth-order valence-electron chi connectivity index (χ4n) is 2.13. The Morgan fingerprint density at radius 2 is 2.10 bits per heavy atom. The Hall–Kier alpha value is -2.76. The van der Waals surface area contributed by atoms with Gasteiger partial charge in [-0.05, 0) is 12.1 Å². The Labute approximate surface area is 112 Å². The van der Waals surface area contributed by atoms with Gasteiger partial charge in [0.25, 0.3) is 5.56 Å². The van der Waals surface area contributed by atoms with Crippen LogP contribution in [0.5, 0.6) is 0 Å². The van der Waals surface area contributed by atoms with Gasteiger partial charge in [0, 0.05) is 25.0 Å². The van der Waals surface area contributed by atoms with Crippen molar-refractivity contribution < 1.29 is 9.18 Å². The van der Waals surface area contributed by atoms with Crippen molar-refractivity contribution in [3.8, 4) is 11.3 Å². The molecule has 1 aromatic carbocycles. The summed E-state index contributed by atoms with van der Waals surface area (Å²) in [6.45, 7) is 0. The zero-order chi connectivity index (χ0) is 14.3. The van der Waals surface area contributed by atoms with E-state index >= 15 is 0 Å². The Bertz CT molecular complexity index is 880. The van der Waals surface area contributed by atoms with E-state index in [9.17, 15) is 14.0 Å². The van der Waals surface area contributed by atoms with Gasteiger partial charge in [0.2, 0.25) is 0 Å². The number of rotatable bonds is 2. The smallest absolute Gasteiger partial charge is 0.277 e. The van der Waals surface area contributed by atoms with E-state index in [1.807, 2.05) is 0 Å². The second kappa shape index (κ2) is 4.41. The van der Waals surface area contributed by atoms with E-state index in [1.165, 1.54) is 27.3 Å². The molecule has 6 heteroatoms. The number of aldehydes is 1. The molecule has 2 heterocycles. The minimum atomic E-state index is -0.427. The second-order valence-corrected chi connectivity index (χ2v) is 4.40. The molecule has 0 fully saturated rings. The first kappa shape index (κ1) is 12.3. The maximum absolute atomic E-state index is 13.3. The van der Waals surface area contributed by atoms with Crippen LogP contribution in [0.15, 0.2) is 41.5 Å². The number of halogens is 1. The van der Waals surface area contributed by atoms with Gasteiger partial charge in [-0.25, -0.2) is 8.91 Å². The standard InChI is InChI=1S/C14H10FN3O2/c1-17-5-6-18-13(14(17)20)11(8-19)12(16-18)9-3-2-4-10(15)7-9/h2-8H,1H3. The first-order valence-electron chi connectivity index (χ1n) is 5.91. The number of nitrogens with zero attached hydrogens (tertiary/aromatic N) is 3. The summed E-state index contributed by atoms with van der Waals surface area (Å²) in [4.78, 5) is 23.4. The third kappa shape index (κ3) is 1.73. The third-order valence-electron chi connectivity index (χ3n) is 3.12. The predicted octanol–water partition coefficient (Wildman–Crippen LogP) is 1.65. The molecule has 0 radical (unpaired) electrons. The lowest BCUT2D eigenvalue weighted by Crippen LogP contribution is -2.18. The van der Waals surface area contributed by atoms with E-state index in [-0.39, 0.29) is 16.6 Å². The van der Waals surface area contributed by atoms with Crippen molar-refractivity contribution in [1.29, 1.82) is 0 Å². The van der Waals surface area contributed by atoms with Gasteiger partial charge in [0.05, 0.1) is 5.56 Å². The summed E-state index contributed by atoms with van der Waals surface area (Å²) in [6, 6.07) is 5.75. The summed E-state index contributed by atoms with van der Waals surface area (Å²) in [6.07, 6.45) is 3.70. The number of aromatic nitrogens is 3. The molecule has 0 spiro atoms. The second-order valence-electron chi connectivity index (χ2n) is 4.40. The summed E-state index contributed by atoms with van der Waals surface area (Å²) < 4.78 is 16.0. The number of benzene rings is 1. The van der Waals surface area contributed by atoms with Crippen LogP contribution in [0.25, 0.3) is 16.8 Å². The Morgan fingerprint density at radius 1 is 1.30 bits per heavy atom.